The number of hydrogen-bond donors (Lipinski definition) is 2. The number of halogens is 1. The lowest BCUT2D eigenvalue weighted by molar-refractivity contribution is -0.136. The van der Waals surface area contributed by atoms with Crippen LogP contribution in [0.5, 0.6) is 0 Å². The standard InChI is InChI=1S/C17H16ClN3O2/c1-11-3-8-15(9-12(11)2)20-16(22)17(23)21-19-10-13-4-6-14(18)7-5-13/h3-10H,1-2H3,(H,20,22)(H,21,23)/b19-10-. The first-order valence-corrected chi connectivity index (χ1v) is 7.31. The van der Waals surface area contributed by atoms with E-state index in [0.717, 1.165) is 16.7 Å². The van der Waals surface area contributed by atoms with Gasteiger partial charge in [0, 0.05) is 10.7 Å². The molecule has 0 radical (unpaired) electrons. The molecule has 2 amide bonds. The second-order valence-electron chi connectivity index (χ2n) is 5.00. The summed E-state index contributed by atoms with van der Waals surface area (Å²) in [6, 6.07) is 12.3. The Hall–Kier alpha value is -2.66. The highest BCUT2D eigenvalue weighted by molar-refractivity contribution is 6.39. The second-order valence-corrected chi connectivity index (χ2v) is 5.44. The van der Waals surface area contributed by atoms with Crippen molar-refractivity contribution >= 4 is 35.3 Å². The number of benzene rings is 2. The van der Waals surface area contributed by atoms with Crippen LogP contribution in [0.2, 0.25) is 5.02 Å². The number of amides is 2. The molecule has 0 bridgehead atoms. The lowest BCUT2D eigenvalue weighted by Crippen LogP contribution is -2.32. The number of carbonyl (C=O) groups is 2. The number of aryl methyl sites for hydroxylation is 2. The van der Waals surface area contributed by atoms with Gasteiger partial charge in [0.15, 0.2) is 0 Å². The summed E-state index contributed by atoms with van der Waals surface area (Å²) in [6.07, 6.45) is 1.43. The summed E-state index contributed by atoms with van der Waals surface area (Å²) >= 11 is 5.77. The molecule has 2 aromatic carbocycles. The highest BCUT2D eigenvalue weighted by Crippen LogP contribution is 2.13. The third-order valence-corrected chi connectivity index (χ3v) is 3.47. The number of hydrogen-bond acceptors (Lipinski definition) is 3. The van der Waals surface area contributed by atoms with Crippen LogP contribution in [0.25, 0.3) is 0 Å². The third-order valence-electron chi connectivity index (χ3n) is 3.22. The van der Waals surface area contributed by atoms with E-state index in [1.807, 2.05) is 19.9 Å². The minimum absolute atomic E-state index is 0.565. The Morgan fingerprint density at radius 3 is 2.35 bits per heavy atom. The zero-order chi connectivity index (χ0) is 16.8. The average molecular weight is 330 g/mol. The zero-order valence-corrected chi connectivity index (χ0v) is 13.5. The number of anilines is 1. The number of nitrogens with one attached hydrogen (secondary N) is 2. The first-order valence-electron chi connectivity index (χ1n) is 6.93. The highest BCUT2D eigenvalue weighted by Gasteiger charge is 2.12. The van der Waals surface area contributed by atoms with E-state index in [2.05, 4.69) is 15.8 Å². The maximum absolute atomic E-state index is 11.8. The SMILES string of the molecule is Cc1ccc(NC(=O)C(=O)N/N=C\c2ccc(Cl)cc2)cc1C. The van der Waals surface area contributed by atoms with Gasteiger partial charge < -0.3 is 5.32 Å². The zero-order valence-electron chi connectivity index (χ0n) is 12.8. The van der Waals surface area contributed by atoms with Gasteiger partial charge in [-0.25, -0.2) is 5.43 Å². The van der Waals surface area contributed by atoms with E-state index in [1.165, 1.54) is 6.21 Å². The van der Waals surface area contributed by atoms with Crippen LogP contribution in [0.15, 0.2) is 47.6 Å². The van der Waals surface area contributed by atoms with E-state index in [9.17, 15) is 9.59 Å². The van der Waals surface area contributed by atoms with Crippen molar-refractivity contribution in [2.45, 2.75) is 13.8 Å². The Bertz CT molecular complexity index is 755. The molecule has 23 heavy (non-hydrogen) atoms. The number of rotatable bonds is 3. The first kappa shape index (κ1) is 16.7. The molecule has 0 fully saturated rings. The Morgan fingerprint density at radius 1 is 1.00 bits per heavy atom. The Labute approximate surface area is 139 Å². The van der Waals surface area contributed by atoms with Crippen LogP contribution >= 0.6 is 11.6 Å². The van der Waals surface area contributed by atoms with Gasteiger partial charge in [0.25, 0.3) is 0 Å². The van der Waals surface area contributed by atoms with E-state index in [-0.39, 0.29) is 0 Å². The molecule has 0 aromatic heterocycles. The predicted octanol–water partition coefficient (Wildman–Crippen LogP) is 3.05. The van der Waals surface area contributed by atoms with Crippen molar-refractivity contribution in [2.24, 2.45) is 5.10 Å². The molecule has 0 atom stereocenters. The maximum Gasteiger partial charge on any atom is 0.329 e. The molecule has 0 aliphatic heterocycles. The minimum atomic E-state index is -0.839. The average Bonchev–Trinajstić information content (AvgIpc) is 2.52. The van der Waals surface area contributed by atoms with Gasteiger partial charge in [0.05, 0.1) is 6.21 Å². The van der Waals surface area contributed by atoms with Crippen LogP contribution in [0, 0.1) is 13.8 Å². The van der Waals surface area contributed by atoms with Crippen LogP contribution in [0.4, 0.5) is 5.69 Å². The molecule has 0 spiro atoms. The van der Waals surface area contributed by atoms with E-state index in [0.29, 0.717) is 10.7 Å². The molecule has 0 saturated heterocycles. The molecular formula is C17H16ClN3O2. The van der Waals surface area contributed by atoms with Crippen LogP contribution in [0.1, 0.15) is 16.7 Å². The predicted molar refractivity (Wildman–Crippen MR) is 91.7 cm³/mol. The van der Waals surface area contributed by atoms with E-state index < -0.39 is 11.8 Å². The van der Waals surface area contributed by atoms with Crippen molar-refractivity contribution in [3.63, 3.8) is 0 Å². The summed E-state index contributed by atoms with van der Waals surface area (Å²) in [5, 5.41) is 6.87. The van der Waals surface area contributed by atoms with E-state index in [1.54, 1.807) is 36.4 Å². The number of hydrazone groups is 1. The molecule has 0 aliphatic carbocycles. The Balaban J connectivity index is 1.90. The van der Waals surface area contributed by atoms with Gasteiger partial charge in [-0.15, -0.1) is 0 Å². The molecule has 6 heteroatoms. The minimum Gasteiger partial charge on any atom is -0.318 e. The van der Waals surface area contributed by atoms with Crippen molar-refractivity contribution in [2.75, 3.05) is 5.32 Å². The van der Waals surface area contributed by atoms with Crippen LogP contribution in [-0.2, 0) is 9.59 Å². The van der Waals surface area contributed by atoms with E-state index in [4.69, 9.17) is 11.6 Å². The molecule has 0 unspecified atom stereocenters. The molecule has 0 aliphatic rings. The number of carbonyl (C=O) groups excluding carboxylic acids is 2. The molecule has 0 heterocycles. The first-order chi connectivity index (χ1) is 11.0. The van der Waals surface area contributed by atoms with E-state index >= 15 is 0 Å². The van der Waals surface area contributed by atoms with Crippen molar-refractivity contribution in [3.05, 3.63) is 64.2 Å². The largest absolute Gasteiger partial charge is 0.329 e. The van der Waals surface area contributed by atoms with Gasteiger partial charge in [-0.1, -0.05) is 29.8 Å². The summed E-state index contributed by atoms with van der Waals surface area (Å²) in [5.41, 5.74) is 5.64. The number of nitrogens with zero attached hydrogens (tertiary/aromatic N) is 1. The lowest BCUT2D eigenvalue weighted by Gasteiger charge is -2.06. The summed E-state index contributed by atoms with van der Waals surface area (Å²) in [4.78, 5) is 23.5. The maximum atomic E-state index is 11.8. The van der Waals surface area contributed by atoms with Crippen molar-refractivity contribution in [1.29, 1.82) is 0 Å². The third kappa shape index (κ3) is 4.93. The van der Waals surface area contributed by atoms with Gasteiger partial charge in [-0.2, -0.15) is 5.10 Å². The fourth-order valence-electron chi connectivity index (χ4n) is 1.77. The topological polar surface area (TPSA) is 70.6 Å². The van der Waals surface area contributed by atoms with Crippen molar-refractivity contribution in [1.82, 2.24) is 5.43 Å². The Morgan fingerprint density at radius 2 is 1.70 bits per heavy atom. The lowest BCUT2D eigenvalue weighted by atomic mass is 10.1. The van der Waals surface area contributed by atoms with Gasteiger partial charge in [-0.05, 0) is 54.8 Å². The molecule has 5 nitrogen and oxygen atoms in total. The van der Waals surface area contributed by atoms with Gasteiger partial charge in [-0.3, -0.25) is 9.59 Å². The molecular weight excluding hydrogens is 314 g/mol. The fourth-order valence-corrected chi connectivity index (χ4v) is 1.90. The summed E-state index contributed by atoms with van der Waals surface area (Å²) < 4.78 is 0. The molecule has 2 aromatic rings. The summed E-state index contributed by atoms with van der Waals surface area (Å²) in [7, 11) is 0. The van der Waals surface area contributed by atoms with Crippen molar-refractivity contribution in [3.8, 4) is 0 Å². The molecule has 118 valence electrons. The second kappa shape index (κ2) is 7.56. The monoisotopic (exact) mass is 329 g/mol. The van der Waals surface area contributed by atoms with Crippen LogP contribution in [0.3, 0.4) is 0 Å². The van der Waals surface area contributed by atoms with Crippen molar-refractivity contribution < 1.29 is 9.59 Å². The van der Waals surface area contributed by atoms with Gasteiger partial charge in [0.2, 0.25) is 0 Å². The molecule has 0 saturated carbocycles. The van der Waals surface area contributed by atoms with Crippen LogP contribution in [-0.4, -0.2) is 18.0 Å². The summed E-state index contributed by atoms with van der Waals surface area (Å²) in [6.45, 7) is 3.90. The molecule has 2 N–H and O–H groups in total. The normalized spacial score (nSPS) is 10.6. The smallest absolute Gasteiger partial charge is 0.318 e. The summed E-state index contributed by atoms with van der Waals surface area (Å²) in [5.74, 6) is -1.62. The van der Waals surface area contributed by atoms with Crippen LogP contribution < -0.4 is 10.7 Å². The fraction of sp³-hybridized carbons (Fsp3) is 0.118. The molecule has 2 rings (SSSR count). The highest BCUT2D eigenvalue weighted by atomic mass is 35.5. The Kier molecular flexibility index (Phi) is 5.49. The van der Waals surface area contributed by atoms with Gasteiger partial charge >= 0.3 is 11.8 Å². The van der Waals surface area contributed by atoms with Gasteiger partial charge in [0.1, 0.15) is 0 Å². The quantitative estimate of drug-likeness (QED) is 0.516.